The summed E-state index contributed by atoms with van der Waals surface area (Å²) in [5, 5.41) is 2.59. The van der Waals surface area contributed by atoms with E-state index in [1.165, 1.54) is 22.5 Å². The van der Waals surface area contributed by atoms with E-state index in [0.29, 0.717) is 18.7 Å². The summed E-state index contributed by atoms with van der Waals surface area (Å²) in [7, 11) is -1.97. The van der Waals surface area contributed by atoms with Gasteiger partial charge in [0.1, 0.15) is 6.04 Å². The third-order valence-corrected chi connectivity index (χ3v) is 6.79. The molecule has 0 spiro atoms. The van der Waals surface area contributed by atoms with E-state index in [9.17, 15) is 18.0 Å². The lowest BCUT2D eigenvalue weighted by Gasteiger charge is -2.29. The first-order valence-electron chi connectivity index (χ1n) is 10.6. The van der Waals surface area contributed by atoms with E-state index in [-0.39, 0.29) is 24.8 Å². The highest BCUT2D eigenvalue weighted by atomic mass is 32.2. The molecule has 0 radical (unpaired) electrons. The Bertz CT molecular complexity index is 1040. The van der Waals surface area contributed by atoms with Gasteiger partial charge in [-0.05, 0) is 49.9 Å². The summed E-state index contributed by atoms with van der Waals surface area (Å²) in [4.78, 5) is 26.8. The molecular weight excluding hydrogens is 426 g/mol. The Hall–Kier alpha value is -2.87. The van der Waals surface area contributed by atoms with Crippen LogP contribution in [0.5, 0.6) is 0 Å². The summed E-state index contributed by atoms with van der Waals surface area (Å²) < 4.78 is 26.3. The van der Waals surface area contributed by atoms with Crippen molar-refractivity contribution in [3.63, 3.8) is 0 Å². The average molecular weight is 460 g/mol. The molecule has 32 heavy (non-hydrogen) atoms. The van der Waals surface area contributed by atoms with Crippen molar-refractivity contribution in [2.75, 3.05) is 24.2 Å². The zero-order chi connectivity index (χ0) is 23.9. The molecule has 1 N–H and O–H groups in total. The minimum Gasteiger partial charge on any atom is -0.357 e. The summed E-state index contributed by atoms with van der Waals surface area (Å²) in [5.41, 5.74) is 3.44. The monoisotopic (exact) mass is 459 g/mol. The smallest absolute Gasteiger partial charge is 0.242 e. The van der Waals surface area contributed by atoms with Gasteiger partial charge in [-0.25, -0.2) is 8.42 Å². The van der Waals surface area contributed by atoms with Gasteiger partial charge in [-0.3, -0.25) is 13.9 Å². The number of carbonyl (C=O) groups excluding carboxylic acids is 2. The Morgan fingerprint density at radius 2 is 1.69 bits per heavy atom. The SMILES string of the molecule is CNC(=O)[C@H](C)N(Cc1ccccc1)C(=O)CCCN(c1cccc(C)c1C)S(C)(=O)=O. The third kappa shape index (κ3) is 6.56. The molecule has 2 aromatic carbocycles. The molecule has 0 saturated heterocycles. The number of anilines is 1. The Morgan fingerprint density at radius 1 is 1.03 bits per heavy atom. The lowest BCUT2D eigenvalue weighted by Crippen LogP contribution is -2.46. The minimum absolute atomic E-state index is 0.130. The maximum Gasteiger partial charge on any atom is 0.242 e. The largest absolute Gasteiger partial charge is 0.357 e. The summed E-state index contributed by atoms with van der Waals surface area (Å²) in [6.45, 7) is 6.01. The fourth-order valence-electron chi connectivity index (χ4n) is 3.56. The van der Waals surface area contributed by atoms with E-state index in [2.05, 4.69) is 5.32 Å². The van der Waals surface area contributed by atoms with Crippen LogP contribution < -0.4 is 9.62 Å². The van der Waals surface area contributed by atoms with Gasteiger partial charge in [-0.1, -0.05) is 42.5 Å². The summed E-state index contributed by atoms with van der Waals surface area (Å²) in [6.07, 6.45) is 1.64. The van der Waals surface area contributed by atoms with Crippen LogP contribution in [0.4, 0.5) is 5.69 Å². The first-order valence-corrected chi connectivity index (χ1v) is 12.5. The van der Waals surface area contributed by atoms with Crippen LogP contribution in [0, 0.1) is 13.8 Å². The van der Waals surface area contributed by atoms with E-state index >= 15 is 0 Å². The lowest BCUT2D eigenvalue weighted by molar-refractivity contribution is -0.140. The van der Waals surface area contributed by atoms with Crippen LogP contribution in [0.3, 0.4) is 0 Å². The standard InChI is InChI=1S/C24H33N3O4S/c1-18-11-9-14-22(19(18)2)27(32(5,30)31)16-10-15-23(28)26(20(3)24(29)25-4)17-21-12-7-6-8-13-21/h6-9,11-14,20H,10,15-17H2,1-5H3,(H,25,29)/t20-/m0/s1. The fraction of sp³-hybridized carbons (Fsp3) is 0.417. The summed E-state index contributed by atoms with van der Waals surface area (Å²) in [5.74, 6) is -0.443. The highest BCUT2D eigenvalue weighted by Crippen LogP contribution is 2.25. The van der Waals surface area contributed by atoms with Gasteiger partial charge < -0.3 is 10.2 Å². The predicted octanol–water partition coefficient (Wildman–Crippen LogP) is 3.01. The molecule has 2 rings (SSSR count). The van der Waals surface area contributed by atoms with Gasteiger partial charge in [0.2, 0.25) is 21.8 Å². The Morgan fingerprint density at radius 3 is 2.28 bits per heavy atom. The lowest BCUT2D eigenvalue weighted by atomic mass is 10.1. The number of nitrogens with zero attached hydrogens (tertiary/aromatic N) is 2. The molecule has 174 valence electrons. The van der Waals surface area contributed by atoms with Gasteiger partial charge in [0.25, 0.3) is 0 Å². The van der Waals surface area contributed by atoms with Gasteiger partial charge in [0.05, 0.1) is 11.9 Å². The van der Waals surface area contributed by atoms with Crippen LogP contribution in [0.1, 0.15) is 36.5 Å². The van der Waals surface area contributed by atoms with Crippen molar-refractivity contribution in [1.82, 2.24) is 10.2 Å². The number of carbonyl (C=O) groups is 2. The van der Waals surface area contributed by atoms with Gasteiger partial charge in [-0.15, -0.1) is 0 Å². The van der Waals surface area contributed by atoms with Crippen molar-refractivity contribution in [2.24, 2.45) is 0 Å². The molecule has 0 aliphatic heterocycles. The van der Waals surface area contributed by atoms with Gasteiger partial charge >= 0.3 is 0 Å². The quantitative estimate of drug-likeness (QED) is 0.592. The first-order chi connectivity index (χ1) is 15.1. The molecular formula is C24H33N3O4S. The van der Waals surface area contributed by atoms with Gasteiger partial charge in [0, 0.05) is 26.6 Å². The second-order valence-electron chi connectivity index (χ2n) is 7.96. The molecule has 8 heteroatoms. The van der Waals surface area contributed by atoms with Crippen LogP contribution >= 0.6 is 0 Å². The van der Waals surface area contributed by atoms with Crippen molar-refractivity contribution in [1.29, 1.82) is 0 Å². The molecule has 0 unspecified atom stereocenters. The molecule has 0 bridgehead atoms. The topological polar surface area (TPSA) is 86.8 Å². The maximum atomic E-state index is 13.1. The van der Waals surface area contributed by atoms with E-state index in [1.54, 1.807) is 13.0 Å². The second kappa shape index (κ2) is 11.1. The van der Waals surface area contributed by atoms with Crippen LogP contribution in [0.25, 0.3) is 0 Å². The molecule has 0 aliphatic rings. The van der Waals surface area contributed by atoms with E-state index in [1.807, 2.05) is 56.3 Å². The number of likely N-dealkylation sites (N-methyl/N-ethyl adjacent to an activating group) is 1. The highest BCUT2D eigenvalue weighted by molar-refractivity contribution is 7.92. The number of aryl methyl sites for hydroxylation is 1. The van der Waals surface area contributed by atoms with Crippen molar-refractivity contribution >= 4 is 27.5 Å². The molecule has 0 aromatic heterocycles. The maximum absolute atomic E-state index is 13.1. The molecule has 0 aliphatic carbocycles. The molecule has 1 atom stereocenters. The number of benzene rings is 2. The second-order valence-corrected chi connectivity index (χ2v) is 9.86. The summed E-state index contributed by atoms with van der Waals surface area (Å²) >= 11 is 0. The van der Waals surface area contributed by atoms with Crippen molar-refractivity contribution in [3.05, 3.63) is 65.2 Å². The number of nitrogens with one attached hydrogen (secondary N) is 1. The predicted molar refractivity (Wildman–Crippen MR) is 128 cm³/mol. The number of rotatable bonds is 10. The molecule has 2 amide bonds. The Labute approximate surface area is 191 Å². The zero-order valence-corrected chi connectivity index (χ0v) is 20.3. The highest BCUT2D eigenvalue weighted by Gasteiger charge is 2.26. The average Bonchev–Trinajstić information content (AvgIpc) is 2.76. The van der Waals surface area contributed by atoms with Crippen molar-refractivity contribution < 1.29 is 18.0 Å². The molecule has 0 saturated carbocycles. The Kier molecular flexibility index (Phi) is 8.83. The van der Waals surface area contributed by atoms with Crippen LogP contribution in [-0.4, -0.2) is 51.0 Å². The number of sulfonamides is 1. The first kappa shape index (κ1) is 25.4. The third-order valence-electron chi connectivity index (χ3n) is 5.61. The van der Waals surface area contributed by atoms with Crippen LogP contribution in [-0.2, 0) is 26.2 Å². The molecule has 0 fully saturated rings. The van der Waals surface area contributed by atoms with Crippen molar-refractivity contribution in [3.8, 4) is 0 Å². The van der Waals surface area contributed by atoms with Gasteiger partial charge in [0.15, 0.2) is 0 Å². The fourth-order valence-corrected chi connectivity index (χ4v) is 4.58. The molecule has 0 heterocycles. The van der Waals surface area contributed by atoms with Crippen molar-refractivity contribution in [2.45, 2.75) is 46.2 Å². The number of hydrogen-bond acceptors (Lipinski definition) is 4. The van der Waals surface area contributed by atoms with Crippen LogP contribution in [0.15, 0.2) is 48.5 Å². The number of amides is 2. The van der Waals surface area contributed by atoms with E-state index in [0.717, 1.165) is 16.7 Å². The van der Waals surface area contributed by atoms with Crippen LogP contribution in [0.2, 0.25) is 0 Å². The zero-order valence-electron chi connectivity index (χ0n) is 19.5. The minimum atomic E-state index is -3.51. The Balaban J connectivity index is 2.16. The van der Waals surface area contributed by atoms with E-state index in [4.69, 9.17) is 0 Å². The van der Waals surface area contributed by atoms with Gasteiger partial charge in [-0.2, -0.15) is 0 Å². The van der Waals surface area contributed by atoms with E-state index < -0.39 is 16.1 Å². The normalized spacial score (nSPS) is 12.2. The summed E-state index contributed by atoms with van der Waals surface area (Å²) in [6, 6.07) is 14.4. The molecule has 2 aromatic rings. The molecule has 7 nitrogen and oxygen atoms in total. The number of hydrogen-bond donors (Lipinski definition) is 1.